The van der Waals surface area contributed by atoms with Crippen molar-refractivity contribution in [3.63, 3.8) is 0 Å². The van der Waals surface area contributed by atoms with Crippen molar-refractivity contribution in [1.29, 1.82) is 0 Å². The molecule has 0 heterocycles. The highest BCUT2D eigenvalue weighted by molar-refractivity contribution is 5.96. The van der Waals surface area contributed by atoms with Crippen LogP contribution >= 0.6 is 0 Å². The predicted molar refractivity (Wildman–Crippen MR) is 42.5 cm³/mol. The number of rotatable bonds is 2. The van der Waals surface area contributed by atoms with Gasteiger partial charge in [0.1, 0.15) is 0 Å². The molecular formula is C8H7FMgO. The van der Waals surface area contributed by atoms with Crippen LogP contribution in [0.4, 0.5) is 4.39 Å². The van der Waals surface area contributed by atoms with Crippen molar-refractivity contribution in [2.45, 2.75) is 0 Å². The lowest BCUT2D eigenvalue weighted by molar-refractivity contribution is 0.0958. The lowest BCUT2D eigenvalue weighted by Gasteiger charge is -1.91. The highest BCUT2D eigenvalue weighted by Gasteiger charge is 2.01. The molecule has 3 heteroatoms. The summed E-state index contributed by atoms with van der Waals surface area (Å²) in [4.78, 5) is 10.6. The number of ketones is 1. The lowest BCUT2D eigenvalue weighted by atomic mass is 10.1. The fourth-order valence-corrected chi connectivity index (χ4v) is 0.701. The zero-order chi connectivity index (χ0) is 7.40. The van der Waals surface area contributed by atoms with Crippen LogP contribution in [-0.4, -0.2) is 35.5 Å². The van der Waals surface area contributed by atoms with Crippen molar-refractivity contribution in [2.24, 2.45) is 0 Å². The summed E-state index contributed by atoms with van der Waals surface area (Å²) >= 11 is 0. The van der Waals surface area contributed by atoms with E-state index < -0.39 is 12.5 Å². The van der Waals surface area contributed by atoms with Gasteiger partial charge in [-0.15, -0.1) is 0 Å². The highest BCUT2D eigenvalue weighted by Crippen LogP contribution is 1.99. The predicted octanol–water partition coefficient (Wildman–Crippen LogP) is 1.46. The van der Waals surface area contributed by atoms with Gasteiger partial charge < -0.3 is 0 Å². The van der Waals surface area contributed by atoms with Crippen LogP contribution in [0.25, 0.3) is 0 Å². The Hall–Kier alpha value is -0.414. The zero-order valence-electron chi connectivity index (χ0n) is 6.09. The number of carbonyl (C=O) groups is 1. The maximum absolute atomic E-state index is 11.7. The number of carbonyl (C=O) groups excluding carboxylic acids is 1. The Balaban J connectivity index is 0.000001000. The summed E-state index contributed by atoms with van der Waals surface area (Å²) in [5, 5.41) is 0. The van der Waals surface area contributed by atoms with Gasteiger partial charge in [-0.25, -0.2) is 4.39 Å². The van der Waals surface area contributed by atoms with E-state index in [1.807, 2.05) is 0 Å². The van der Waals surface area contributed by atoms with Crippen molar-refractivity contribution >= 4 is 28.8 Å². The van der Waals surface area contributed by atoms with E-state index in [0.29, 0.717) is 5.56 Å². The van der Waals surface area contributed by atoms with Gasteiger partial charge in [0.25, 0.3) is 0 Å². The summed E-state index contributed by atoms with van der Waals surface area (Å²) in [6.07, 6.45) is 0. The van der Waals surface area contributed by atoms with Gasteiger partial charge in [-0.1, -0.05) is 30.3 Å². The molecule has 0 saturated heterocycles. The first-order valence-electron chi connectivity index (χ1n) is 2.99. The molecule has 2 radical (unpaired) electrons. The van der Waals surface area contributed by atoms with E-state index in [1.54, 1.807) is 30.3 Å². The molecule has 0 saturated carbocycles. The summed E-state index contributed by atoms with van der Waals surface area (Å²) in [6.45, 7) is -0.913. The summed E-state index contributed by atoms with van der Waals surface area (Å²) in [6, 6.07) is 8.41. The van der Waals surface area contributed by atoms with Crippen molar-refractivity contribution in [3.05, 3.63) is 35.9 Å². The van der Waals surface area contributed by atoms with E-state index in [1.165, 1.54) is 0 Å². The molecule has 1 aromatic rings. The quantitative estimate of drug-likeness (QED) is 0.475. The fraction of sp³-hybridized carbons (Fsp3) is 0.125. The maximum Gasteiger partial charge on any atom is 0.193 e. The molecule has 0 spiro atoms. The van der Waals surface area contributed by atoms with E-state index in [2.05, 4.69) is 0 Å². The summed E-state index contributed by atoms with van der Waals surface area (Å²) < 4.78 is 11.7. The third kappa shape index (κ3) is 2.99. The van der Waals surface area contributed by atoms with E-state index in [-0.39, 0.29) is 23.1 Å². The molecule has 0 aliphatic carbocycles. The molecule has 1 rings (SSSR count). The zero-order valence-corrected chi connectivity index (χ0v) is 7.50. The Morgan fingerprint density at radius 3 is 2.27 bits per heavy atom. The Bertz CT molecular complexity index is 223. The van der Waals surface area contributed by atoms with E-state index in [4.69, 9.17) is 0 Å². The Morgan fingerprint density at radius 2 is 1.82 bits per heavy atom. The van der Waals surface area contributed by atoms with Gasteiger partial charge in [0, 0.05) is 28.6 Å². The molecule has 1 aromatic carbocycles. The topological polar surface area (TPSA) is 17.1 Å². The molecule has 11 heavy (non-hydrogen) atoms. The minimum atomic E-state index is -0.913. The highest BCUT2D eigenvalue weighted by atomic mass is 24.3. The SMILES string of the molecule is O=C(CF)c1ccccc1.[Mg]. The first kappa shape index (κ1) is 10.6. The summed E-state index contributed by atoms with van der Waals surface area (Å²) in [5.41, 5.74) is 0.435. The van der Waals surface area contributed by atoms with Gasteiger partial charge in [0.2, 0.25) is 0 Å². The molecule has 0 fully saturated rings. The average molecular weight is 162 g/mol. The number of benzene rings is 1. The third-order valence-electron chi connectivity index (χ3n) is 1.22. The number of hydrogen-bond acceptors (Lipinski definition) is 1. The van der Waals surface area contributed by atoms with Gasteiger partial charge in [-0.3, -0.25) is 4.79 Å². The van der Waals surface area contributed by atoms with Gasteiger partial charge in [-0.2, -0.15) is 0 Å². The van der Waals surface area contributed by atoms with E-state index in [0.717, 1.165) is 0 Å². The van der Waals surface area contributed by atoms with Crippen molar-refractivity contribution in [2.75, 3.05) is 6.67 Å². The van der Waals surface area contributed by atoms with E-state index in [9.17, 15) is 9.18 Å². The van der Waals surface area contributed by atoms with Crippen LogP contribution in [-0.2, 0) is 0 Å². The molecule has 0 aromatic heterocycles. The van der Waals surface area contributed by atoms with Gasteiger partial charge in [-0.05, 0) is 0 Å². The molecule has 0 atom stereocenters. The van der Waals surface area contributed by atoms with Crippen LogP contribution in [0.2, 0.25) is 0 Å². The Labute approximate surface area is 80.8 Å². The normalized spacial score (nSPS) is 8.45. The molecule has 0 aliphatic rings. The molecular weight excluding hydrogens is 155 g/mol. The molecule has 0 bridgehead atoms. The van der Waals surface area contributed by atoms with Crippen molar-refractivity contribution in [1.82, 2.24) is 0 Å². The Morgan fingerprint density at radius 1 is 1.27 bits per heavy atom. The third-order valence-corrected chi connectivity index (χ3v) is 1.22. The van der Waals surface area contributed by atoms with Crippen molar-refractivity contribution in [3.8, 4) is 0 Å². The summed E-state index contributed by atoms with van der Waals surface area (Å²) in [7, 11) is 0. The molecule has 54 valence electrons. The lowest BCUT2D eigenvalue weighted by Crippen LogP contribution is -1.99. The smallest absolute Gasteiger partial charge is 0.193 e. The largest absolute Gasteiger partial charge is 0.291 e. The monoisotopic (exact) mass is 162 g/mol. The second-order valence-corrected chi connectivity index (χ2v) is 1.92. The molecule has 1 nitrogen and oxygen atoms in total. The van der Waals surface area contributed by atoms with Gasteiger partial charge in [0.15, 0.2) is 12.5 Å². The van der Waals surface area contributed by atoms with Crippen LogP contribution in [0.15, 0.2) is 30.3 Å². The van der Waals surface area contributed by atoms with Crippen molar-refractivity contribution < 1.29 is 9.18 Å². The molecule has 0 aliphatic heterocycles. The molecule has 0 amide bonds. The second kappa shape index (κ2) is 5.26. The number of hydrogen-bond donors (Lipinski definition) is 0. The molecule has 0 N–H and O–H groups in total. The Kier molecular flexibility index (Phi) is 5.07. The van der Waals surface area contributed by atoms with Gasteiger partial charge in [0.05, 0.1) is 0 Å². The van der Waals surface area contributed by atoms with Gasteiger partial charge >= 0.3 is 0 Å². The average Bonchev–Trinajstić information content (AvgIpc) is 2.05. The fourth-order valence-electron chi connectivity index (χ4n) is 0.701. The number of alkyl halides is 1. The minimum Gasteiger partial charge on any atom is -0.291 e. The number of Topliss-reactive ketones (excluding diaryl/α,β-unsaturated/α-hetero) is 1. The summed E-state index contributed by atoms with van der Waals surface area (Å²) in [5.74, 6) is -0.458. The van der Waals surface area contributed by atoms with Crippen LogP contribution in [0.5, 0.6) is 0 Å². The van der Waals surface area contributed by atoms with E-state index >= 15 is 0 Å². The molecule has 0 unspecified atom stereocenters. The first-order chi connectivity index (χ1) is 4.84. The minimum absolute atomic E-state index is 0. The first-order valence-corrected chi connectivity index (χ1v) is 2.99. The standard InChI is InChI=1S/C8H7FO.Mg/c9-6-8(10)7-4-2-1-3-5-7;/h1-5H,6H2;. The number of halogens is 1. The van der Waals surface area contributed by atoms with Crippen LogP contribution in [0, 0.1) is 0 Å². The van der Waals surface area contributed by atoms with Crippen LogP contribution < -0.4 is 0 Å². The van der Waals surface area contributed by atoms with Crippen LogP contribution in [0.1, 0.15) is 10.4 Å². The van der Waals surface area contributed by atoms with Crippen LogP contribution in [0.3, 0.4) is 0 Å². The maximum atomic E-state index is 11.7. The second-order valence-electron chi connectivity index (χ2n) is 1.92.